The monoisotopic (exact) mass is 529 g/mol. The molecule has 0 aliphatic carbocycles. The first-order chi connectivity index (χ1) is 17.8. The summed E-state index contributed by atoms with van der Waals surface area (Å²) < 4.78 is 0. The first-order valence-corrected chi connectivity index (χ1v) is 13.3. The summed E-state index contributed by atoms with van der Waals surface area (Å²) in [7, 11) is 0. The number of nitrogens with two attached hydrogens (primary N) is 2. The molecule has 2 amide bonds. The normalized spacial score (nSPS) is 19.2. The number of rotatable bonds is 7. The number of nitrogen functional groups attached to an aromatic ring is 2. The maximum atomic E-state index is 12.9. The molecule has 2 aromatic rings. The predicted molar refractivity (Wildman–Crippen MR) is 145 cm³/mol. The van der Waals surface area contributed by atoms with Crippen LogP contribution >= 0.6 is 11.6 Å². The minimum atomic E-state index is -0.368. The second kappa shape index (κ2) is 11.9. The highest BCUT2D eigenvalue weighted by atomic mass is 35.5. The summed E-state index contributed by atoms with van der Waals surface area (Å²) in [5.41, 5.74) is 12.5. The van der Waals surface area contributed by atoms with Crippen molar-refractivity contribution in [3.8, 4) is 0 Å². The molecule has 2 saturated heterocycles. The fourth-order valence-electron chi connectivity index (χ4n) is 5.18. The highest BCUT2D eigenvalue weighted by Gasteiger charge is 2.35. The molecule has 11 nitrogen and oxygen atoms in total. The van der Waals surface area contributed by atoms with Crippen LogP contribution in [0.5, 0.6) is 0 Å². The Hall–Kier alpha value is -3.18. The van der Waals surface area contributed by atoms with E-state index in [0.29, 0.717) is 43.1 Å². The summed E-state index contributed by atoms with van der Waals surface area (Å²) in [6.45, 7) is 8.33. The Bertz CT molecular complexity index is 1120. The summed E-state index contributed by atoms with van der Waals surface area (Å²) in [6.07, 6.45) is 5.16. The molecule has 2 fully saturated rings. The third-order valence-electron chi connectivity index (χ3n) is 7.20. The molecule has 5 N–H and O–H groups in total. The number of anilines is 3. The Balaban J connectivity index is 1.38. The van der Waals surface area contributed by atoms with Crippen LogP contribution in [-0.2, 0) is 0 Å². The van der Waals surface area contributed by atoms with Crippen molar-refractivity contribution in [3.63, 3.8) is 0 Å². The Morgan fingerprint density at radius 2 is 1.86 bits per heavy atom. The molecule has 1 atom stereocenters. The van der Waals surface area contributed by atoms with Crippen LogP contribution in [0.4, 0.5) is 17.5 Å². The van der Waals surface area contributed by atoms with Crippen LogP contribution in [0.15, 0.2) is 18.3 Å². The lowest BCUT2D eigenvalue weighted by Gasteiger charge is -2.47. The fraction of sp³-hybridized carbons (Fsp3) is 0.560. The Morgan fingerprint density at radius 1 is 1.11 bits per heavy atom. The lowest BCUT2D eigenvalue weighted by atomic mass is 9.97. The zero-order chi connectivity index (χ0) is 26.5. The third-order valence-corrected chi connectivity index (χ3v) is 7.46. The molecular formula is C25H36ClN9O2. The van der Waals surface area contributed by atoms with Crippen molar-refractivity contribution in [2.45, 2.75) is 51.6 Å². The van der Waals surface area contributed by atoms with Gasteiger partial charge in [0.05, 0.1) is 5.56 Å². The third kappa shape index (κ3) is 5.88. The quantitative estimate of drug-likeness (QED) is 0.490. The first kappa shape index (κ1) is 26.9. The van der Waals surface area contributed by atoms with Crippen molar-refractivity contribution in [2.75, 3.05) is 55.6 Å². The molecule has 0 radical (unpaired) electrons. The van der Waals surface area contributed by atoms with E-state index in [1.54, 1.807) is 18.3 Å². The van der Waals surface area contributed by atoms with Gasteiger partial charge in [-0.15, -0.1) is 0 Å². The molecule has 0 spiro atoms. The number of piperidine rings is 1. The molecule has 0 saturated carbocycles. The van der Waals surface area contributed by atoms with E-state index >= 15 is 0 Å². The lowest BCUT2D eigenvalue weighted by molar-refractivity contribution is 0.0491. The van der Waals surface area contributed by atoms with Gasteiger partial charge in [0.1, 0.15) is 5.82 Å². The predicted octanol–water partition coefficient (Wildman–Crippen LogP) is 2.03. The molecule has 0 aromatic carbocycles. The summed E-state index contributed by atoms with van der Waals surface area (Å²) in [6, 6.07) is 4.15. The van der Waals surface area contributed by atoms with E-state index in [-0.39, 0.29) is 34.3 Å². The molecule has 2 aromatic heterocycles. The standard InChI is InChI=1S/C25H36ClN9O2/c1-3-9-30-24(36)19-22(28)32-23(20(26)31-19)34-13-14-35(16(4-2)15-34)17-7-11-33(12-8-17)25(37)18-6-5-10-29-21(18)27/h5-6,10,16-17H,3-4,7-9,11-15H2,1-2H3,(H2,27,29)(H2,28,32)(H,30,36)/t16-/m0/s1. The number of nitrogens with one attached hydrogen (secondary N) is 1. The van der Waals surface area contributed by atoms with Gasteiger partial charge in [-0.2, -0.15) is 0 Å². The van der Waals surface area contributed by atoms with Gasteiger partial charge >= 0.3 is 0 Å². The number of aromatic nitrogens is 3. The van der Waals surface area contributed by atoms with Crippen molar-refractivity contribution in [1.82, 2.24) is 30.1 Å². The summed E-state index contributed by atoms with van der Waals surface area (Å²) in [5.74, 6) is 0.438. The Kier molecular flexibility index (Phi) is 8.65. The number of pyridine rings is 1. The van der Waals surface area contributed by atoms with Gasteiger partial charge in [-0.3, -0.25) is 14.5 Å². The summed E-state index contributed by atoms with van der Waals surface area (Å²) in [4.78, 5) is 44.6. The number of carbonyl (C=O) groups excluding carboxylic acids is 2. The van der Waals surface area contributed by atoms with Gasteiger partial charge in [0.2, 0.25) is 0 Å². The highest BCUT2D eigenvalue weighted by Crippen LogP contribution is 2.30. The molecule has 0 bridgehead atoms. The van der Waals surface area contributed by atoms with Crippen molar-refractivity contribution in [1.29, 1.82) is 0 Å². The molecule has 200 valence electrons. The van der Waals surface area contributed by atoms with E-state index in [2.05, 4.69) is 37.0 Å². The van der Waals surface area contributed by atoms with Gasteiger partial charge in [0.25, 0.3) is 11.8 Å². The van der Waals surface area contributed by atoms with Crippen molar-refractivity contribution < 1.29 is 9.59 Å². The molecular weight excluding hydrogens is 494 g/mol. The van der Waals surface area contributed by atoms with Crippen LogP contribution in [-0.4, -0.2) is 87.9 Å². The number of nitrogens with zero attached hydrogens (tertiary/aromatic N) is 6. The van der Waals surface area contributed by atoms with Crippen molar-refractivity contribution >= 4 is 40.9 Å². The van der Waals surface area contributed by atoms with Crippen LogP contribution in [0.1, 0.15) is 60.4 Å². The largest absolute Gasteiger partial charge is 0.383 e. The van der Waals surface area contributed by atoms with Gasteiger partial charge in [-0.05, 0) is 37.8 Å². The Labute approximate surface area is 222 Å². The van der Waals surface area contributed by atoms with Crippen LogP contribution < -0.4 is 21.7 Å². The molecule has 4 heterocycles. The van der Waals surface area contributed by atoms with Crippen molar-refractivity contribution in [2.24, 2.45) is 0 Å². The SMILES string of the molecule is CCCNC(=O)c1nc(Cl)c(N2CCN(C3CCN(C(=O)c4cccnc4N)CC3)[C@@H](CC)C2)nc1N. The second-order valence-electron chi connectivity index (χ2n) is 9.53. The molecule has 37 heavy (non-hydrogen) atoms. The van der Waals surface area contributed by atoms with Crippen LogP contribution in [0, 0.1) is 0 Å². The average Bonchev–Trinajstić information content (AvgIpc) is 2.92. The number of piperazine rings is 1. The number of hydrogen-bond acceptors (Lipinski definition) is 9. The molecule has 0 unspecified atom stereocenters. The fourth-order valence-corrected chi connectivity index (χ4v) is 5.43. The maximum Gasteiger partial charge on any atom is 0.273 e. The smallest absolute Gasteiger partial charge is 0.273 e. The van der Waals surface area contributed by atoms with E-state index < -0.39 is 0 Å². The lowest BCUT2D eigenvalue weighted by Crippen LogP contribution is -2.58. The average molecular weight is 530 g/mol. The zero-order valence-electron chi connectivity index (χ0n) is 21.5. The van der Waals surface area contributed by atoms with Gasteiger partial charge < -0.3 is 26.6 Å². The van der Waals surface area contributed by atoms with Crippen LogP contribution in [0.3, 0.4) is 0 Å². The van der Waals surface area contributed by atoms with E-state index in [0.717, 1.165) is 45.3 Å². The number of likely N-dealkylation sites (tertiary alicyclic amines) is 1. The van der Waals surface area contributed by atoms with E-state index in [9.17, 15) is 9.59 Å². The minimum Gasteiger partial charge on any atom is -0.383 e. The maximum absolute atomic E-state index is 12.9. The minimum absolute atomic E-state index is 0.0569. The molecule has 2 aliphatic rings. The molecule has 12 heteroatoms. The van der Waals surface area contributed by atoms with Crippen molar-refractivity contribution in [3.05, 3.63) is 34.7 Å². The topological polar surface area (TPSA) is 147 Å². The Morgan fingerprint density at radius 3 is 2.54 bits per heavy atom. The van der Waals surface area contributed by atoms with E-state index in [1.807, 2.05) is 11.8 Å². The molecule has 2 aliphatic heterocycles. The summed E-state index contributed by atoms with van der Waals surface area (Å²) in [5, 5.41) is 2.94. The molecule has 4 rings (SSSR count). The van der Waals surface area contributed by atoms with Gasteiger partial charge in [0, 0.05) is 57.5 Å². The van der Waals surface area contributed by atoms with Crippen LogP contribution in [0.25, 0.3) is 0 Å². The number of carbonyl (C=O) groups is 2. The van der Waals surface area contributed by atoms with Crippen LogP contribution in [0.2, 0.25) is 5.15 Å². The van der Waals surface area contributed by atoms with Gasteiger partial charge in [-0.1, -0.05) is 25.4 Å². The number of halogens is 1. The summed E-state index contributed by atoms with van der Waals surface area (Å²) >= 11 is 6.48. The van der Waals surface area contributed by atoms with Gasteiger partial charge in [-0.25, -0.2) is 15.0 Å². The zero-order valence-corrected chi connectivity index (χ0v) is 22.2. The highest BCUT2D eigenvalue weighted by molar-refractivity contribution is 6.32. The number of hydrogen-bond donors (Lipinski definition) is 3. The van der Waals surface area contributed by atoms with Gasteiger partial charge in [0.15, 0.2) is 22.5 Å². The van der Waals surface area contributed by atoms with E-state index in [4.69, 9.17) is 23.1 Å². The second-order valence-corrected chi connectivity index (χ2v) is 9.89. The van der Waals surface area contributed by atoms with E-state index in [1.165, 1.54) is 0 Å². The first-order valence-electron chi connectivity index (χ1n) is 13.0. The number of amides is 2.